The standard InChI is InChI=1S/C13H12O2/c1-15-13(14)12-8-6-10-4-2-3-5-11(10)7-9-12/h2-6,8-9H,7H2,1H3. The molecular weight excluding hydrogens is 188 g/mol. The Balaban J connectivity index is 2.33. The van der Waals surface area contributed by atoms with E-state index < -0.39 is 0 Å². The second-order valence-corrected chi connectivity index (χ2v) is 3.39. The summed E-state index contributed by atoms with van der Waals surface area (Å²) < 4.78 is 4.69. The van der Waals surface area contributed by atoms with Crippen LogP contribution < -0.4 is 0 Å². The van der Waals surface area contributed by atoms with Crippen molar-refractivity contribution in [3.8, 4) is 0 Å². The highest BCUT2D eigenvalue weighted by Crippen LogP contribution is 2.18. The molecule has 0 saturated carbocycles. The van der Waals surface area contributed by atoms with Gasteiger partial charge < -0.3 is 4.74 Å². The maximum absolute atomic E-state index is 11.3. The maximum Gasteiger partial charge on any atom is 0.337 e. The zero-order chi connectivity index (χ0) is 10.7. The lowest BCUT2D eigenvalue weighted by Gasteiger charge is -1.99. The number of benzene rings is 1. The highest BCUT2D eigenvalue weighted by Gasteiger charge is 2.09. The monoisotopic (exact) mass is 200 g/mol. The molecule has 0 N–H and O–H groups in total. The quantitative estimate of drug-likeness (QED) is 0.650. The van der Waals surface area contributed by atoms with E-state index in [4.69, 9.17) is 0 Å². The number of methoxy groups -OCH3 is 1. The minimum absolute atomic E-state index is 0.279. The molecule has 2 nitrogen and oxygen atoms in total. The lowest BCUT2D eigenvalue weighted by Crippen LogP contribution is -2.02. The third-order valence-corrected chi connectivity index (χ3v) is 2.46. The number of carbonyl (C=O) groups excluding carboxylic acids is 1. The first-order valence-electron chi connectivity index (χ1n) is 4.86. The van der Waals surface area contributed by atoms with E-state index in [1.54, 1.807) is 6.08 Å². The van der Waals surface area contributed by atoms with Gasteiger partial charge in [-0.05, 0) is 23.6 Å². The van der Waals surface area contributed by atoms with Gasteiger partial charge in [0.05, 0.1) is 12.7 Å². The number of carbonyl (C=O) groups is 1. The largest absolute Gasteiger partial charge is 0.465 e. The number of rotatable bonds is 1. The fourth-order valence-corrected chi connectivity index (χ4v) is 1.62. The van der Waals surface area contributed by atoms with Crippen LogP contribution in [0.25, 0.3) is 6.08 Å². The summed E-state index contributed by atoms with van der Waals surface area (Å²) in [5, 5.41) is 0. The Morgan fingerprint density at radius 2 is 2.07 bits per heavy atom. The van der Waals surface area contributed by atoms with E-state index in [1.165, 1.54) is 12.7 Å². The Kier molecular flexibility index (Phi) is 2.68. The first-order chi connectivity index (χ1) is 7.31. The second-order valence-electron chi connectivity index (χ2n) is 3.39. The molecule has 2 heteroatoms. The maximum atomic E-state index is 11.3. The zero-order valence-electron chi connectivity index (χ0n) is 8.57. The van der Waals surface area contributed by atoms with Gasteiger partial charge in [0.15, 0.2) is 0 Å². The fourth-order valence-electron chi connectivity index (χ4n) is 1.62. The van der Waals surface area contributed by atoms with Gasteiger partial charge in [-0.1, -0.05) is 36.4 Å². The molecule has 0 spiro atoms. The summed E-state index contributed by atoms with van der Waals surface area (Å²) in [4.78, 5) is 11.3. The number of esters is 1. The molecule has 15 heavy (non-hydrogen) atoms. The van der Waals surface area contributed by atoms with E-state index in [-0.39, 0.29) is 5.97 Å². The summed E-state index contributed by atoms with van der Waals surface area (Å²) in [6, 6.07) is 8.10. The molecule has 0 radical (unpaired) electrons. The van der Waals surface area contributed by atoms with Gasteiger partial charge in [-0.3, -0.25) is 0 Å². The molecule has 0 amide bonds. The van der Waals surface area contributed by atoms with Crippen LogP contribution in [0.3, 0.4) is 0 Å². The summed E-state index contributed by atoms with van der Waals surface area (Å²) >= 11 is 0. The number of hydrogen-bond acceptors (Lipinski definition) is 2. The van der Waals surface area contributed by atoms with Crippen molar-refractivity contribution in [1.82, 2.24) is 0 Å². The molecule has 1 aromatic rings. The van der Waals surface area contributed by atoms with Crippen molar-refractivity contribution >= 4 is 12.0 Å². The van der Waals surface area contributed by atoms with Crippen molar-refractivity contribution in [3.63, 3.8) is 0 Å². The molecule has 0 fully saturated rings. The second kappa shape index (κ2) is 4.13. The van der Waals surface area contributed by atoms with E-state index in [0.717, 1.165) is 12.0 Å². The summed E-state index contributed by atoms with van der Waals surface area (Å²) in [5.74, 6) is -0.279. The number of ether oxygens (including phenoxy) is 1. The summed E-state index contributed by atoms with van der Waals surface area (Å²) in [5.41, 5.74) is 3.01. The smallest absolute Gasteiger partial charge is 0.337 e. The molecule has 0 bridgehead atoms. The lowest BCUT2D eigenvalue weighted by molar-refractivity contribution is -0.135. The van der Waals surface area contributed by atoms with E-state index in [9.17, 15) is 4.79 Å². The molecule has 0 aromatic heterocycles. The van der Waals surface area contributed by atoms with E-state index in [1.807, 2.05) is 30.4 Å². The van der Waals surface area contributed by atoms with Gasteiger partial charge in [0.25, 0.3) is 0 Å². The Morgan fingerprint density at radius 3 is 2.87 bits per heavy atom. The van der Waals surface area contributed by atoms with Crippen LogP contribution in [0.1, 0.15) is 11.1 Å². The van der Waals surface area contributed by atoms with Crippen LogP contribution in [0.15, 0.2) is 42.0 Å². The minimum Gasteiger partial charge on any atom is -0.465 e. The molecule has 0 aliphatic heterocycles. The fraction of sp³-hybridized carbons (Fsp3) is 0.154. The van der Waals surface area contributed by atoms with Crippen LogP contribution in [-0.2, 0) is 16.0 Å². The van der Waals surface area contributed by atoms with Crippen LogP contribution >= 0.6 is 0 Å². The Hall–Kier alpha value is -1.83. The van der Waals surface area contributed by atoms with E-state index >= 15 is 0 Å². The molecule has 0 unspecified atom stereocenters. The number of fused-ring (bicyclic) bond motifs is 1. The first-order valence-corrected chi connectivity index (χ1v) is 4.86. The third kappa shape index (κ3) is 1.99. The first kappa shape index (κ1) is 9.71. The molecular formula is C13H12O2. The third-order valence-electron chi connectivity index (χ3n) is 2.46. The van der Waals surface area contributed by atoms with E-state index in [0.29, 0.717) is 5.57 Å². The van der Waals surface area contributed by atoms with Crippen molar-refractivity contribution in [1.29, 1.82) is 0 Å². The van der Waals surface area contributed by atoms with Gasteiger partial charge >= 0.3 is 5.97 Å². The van der Waals surface area contributed by atoms with Crippen LogP contribution in [0, 0.1) is 0 Å². The minimum atomic E-state index is -0.279. The average molecular weight is 200 g/mol. The summed E-state index contributed by atoms with van der Waals surface area (Å²) in [6.07, 6.45) is 6.42. The topological polar surface area (TPSA) is 26.3 Å². The molecule has 0 heterocycles. The number of hydrogen-bond donors (Lipinski definition) is 0. The van der Waals surface area contributed by atoms with Gasteiger partial charge in [0, 0.05) is 0 Å². The van der Waals surface area contributed by atoms with Crippen molar-refractivity contribution < 1.29 is 9.53 Å². The van der Waals surface area contributed by atoms with E-state index in [2.05, 4.69) is 10.8 Å². The molecule has 1 aliphatic rings. The summed E-state index contributed by atoms with van der Waals surface area (Å²) in [7, 11) is 1.40. The van der Waals surface area contributed by atoms with Gasteiger partial charge in [-0.25, -0.2) is 4.79 Å². The average Bonchev–Trinajstić information content (AvgIpc) is 2.50. The van der Waals surface area contributed by atoms with Gasteiger partial charge in [0.2, 0.25) is 0 Å². The number of allylic oxidation sites excluding steroid dienone is 1. The molecule has 2 rings (SSSR count). The Labute approximate surface area is 88.9 Å². The normalized spacial score (nSPS) is 13.8. The molecule has 0 saturated heterocycles. The predicted molar refractivity (Wildman–Crippen MR) is 59.3 cm³/mol. The SMILES string of the molecule is COC(=O)C1=CCc2ccccc2C=C1. The Bertz CT molecular complexity index is 442. The zero-order valence-corrected chi connectivity index (χ0v) is 8.57. The molecule has 76 valence electrons. The summed E-state index contributed by atoms with van der Waals surface area (Å²) in [6.45, 7) is 0. The van der Waals surface area contributed by atoms with Crippen LogP contribution in [0.4, 0.5) is 0 Å². The van der Waals surface area contributed by atoms with Crippen molar-refractivity contribution in [2.45, 2.75) is 6.42 Å². The van der Waals surface area contributed by atoms with Crippen molar-refractivity contribution in [3.05, 3.63) is 53.1 Å². The van der Waals surface area contributed by atoms with Gasteiger partial charge in [-0.2, -0.15) is 0 Å². The van der Waals surface area contributed by atoms with Crippen molar-refractivity contribution in [2.24, 2.45) is 0 Å². The van der Waals surface area contributed by atoms with Crippen LogP contribution in [-0.4, -0.2) is 13.1 Å². The van der Waals surface area contributed by atoms with Crippen molar-refractivity contribution in [2.75, 3.05) is 7.11 Å². The van der Waals surface area contributed by atoms with Gasteiger partial charge in [0.1, 0.15) is 0 Å². The van der Waals surface area contributed by atoms with Crippen LogP contribution in [0.5, 0.6) is 0 Å². The molecule has 1 aromatic carbocycles. The highest BCUT2D eigenvalue weighted by molar-refractivity contribution is 5.93. The van der Waals surface area contributed by atoms with Crippen LogP contribution in [0.2, 0.25) is 0 Å². The molecule has 1 aliphatic carbocycles. The molecule has 0 atom stereocenters. The highest BCUT2D eigenvalue weighted by atomic mass is 16.5. The predicted octanol–water partition coefficient (Wildman–Crippen LogP) is 2.36. The van der Waals surface area contributed by atoms with Gasteiger partial charge in [-0.15, -0.1) is 0 Å². The lowest BCUT2D eigenvalue weighted by atomic mass is 10.1. The Morgan fingerprint density at radius 1 is 1.27 bits per heavy atom.